The van der Waals surface area contributed by atoms with E-state index < -0.39 is 21.6 Å². The molecule has 0 aliphatic heterocycles. The van der Waals surface area contributed by atoms with Gasteiger partial charge in [0.2, 0.25) is 15.9 Å². The van der Waals surface area contributed by atoms with Gasteiger partial charge in [0.25, 0.3) is 0 Å². The molecule has 4 N–H and O–H groups in total. The van der Waals surface area contributed by atoms with Crippen LogP contribution in [0.4, 0.5) is 5.69 Å². The van der Waals surface area contributed by atoms with Gasteiger partial charge in [0.05, 0.1) is 10.5 Å². The Hall–Kier alpha value is -2.13. The van der Waals surface area contributed by atoms with Crippen molar-refractivity contribution in [1.82, 2.24) is 9.62 Å². The standard InChI is InChI=1S/C12H17N3O5S/c1-15(2)11(16)5-6-14-21(19,20)10-4-3-8(13)7-9(10)12(17)18/h3-4,7,14H,5-6,13H2,1-2H3,(H,17,18). The second-order valence-electron chi connectivity index (χ2n) is 4.50. The Balaban J connectivity index is 2.94. The lowest BCUT2D eigenvalue weighted by atomic mass is 10.2. The molecule has 0 aromatic heterocycles. The van der Waals surface area contributed by atoms with E-state index >= 15 is 0 Å². The molecule has 8 nitrogen and oxygen atoms in total. The number of nitrogen functional groups attached to an aromatic ring is 1. The third-order valence-corrected chi connectivity index (χ3v) is 4.17. The predicted octanol–water partition coefficient (Wildman–Crippen LogP) is -0.276. The molecular formula is C12H17N3O5S. The average molecular weight is 315 g/mol. The van der Waals surface area contributed by atoms with Gasteiger partial charge in [-0.1, -0.05) is 0 Å². The first kappa shape index (κ1) is 16.9. The summed E-state index contributed by atoms with van der Waals surface area (Å²) in [5.74, 6) is -1.64. The summed E-state index contributed by atoms with van der Waals surface area (Å²) in [4.78, 5) is 23.4. The van der Waals surface area contributed by atoms with E-state index in [0.29, 0.717) is 0 Å². The molecule has 0 aliphatic rings. The van der Waals surface area contributed by atoms with E-state index in [4.69, 9.17) is 10.8 Å². The second kappa shape index (κ2) is 6.55. The number of hydrogen-bond donors (Lipinski definition) is 3. The highest BCUT2D eigenvalue weighted by Gasteiger charge is 2.22. The number of carboxylic acids is 1. The fourth-order valence-corrected chi connectivity index (χ4v) is 2.75. The molecule has 0 fully saturated rings. The number of rotatable bonds is 6. The van der Waals surface area contributed by atoms with Crippen LogP contribution in [0.5, 0.6) is 0 Å². The zero-order chi connectivity index (χ0) is 16.2. The highest BCUT2D eigenvalue weighted by atomic mass is 32.2. The Morgan fingerprint density at radius 1 is 1.33 bits per heavy atom. The van der Waals surface area contributed by atoms with Gasteiger partial charge in [0.1, 0.15) is 0 Å². The van der Waals surface area contributed by atoms with Gasteiger partial charge in [0, 0.05) is 32.7 Å². The maximum absolute atomic E-state index is 12.1. The molecule has 0 heterocycles. The monoisotopic (exact) mass is 315 g/mol. The molecule has 0 atom stereocenters. The Kier molecular flexibility index (Phi) is 5.28. The summed E-state index contributed by atoms with van der Waals surface area (Å²) in [5, 5.41) is 9.03. The second-order valence-corrected chi connectivity index (χ2v) is 6.23. The van der Waals surface area contributed by atoms with E-state index in [1.54, 1.807) is 14.1 Å². The Morgan fingerprint density at radius 3 is 2.48 bits per heavy atom. The number of hydrogen-bond acceptors (Lipinski definition) is 5. The zero-order valence-electron chi connectivity index (χ0n) is 11.7. The molecule has 0 spiro atoms. The molecule has 1 aromatic carbocycles. The van der Waals surface area contributed by atoms with Crippen molar-refractivity contribution in [2.75, 3.05) is 26.4 Å². The Labute approximate surface area is 122 Å². The summed E-state index contributed by atoms with van der Waals surface area (Å²) in [6.45, 7) is -0.122. The summed E-state index contributed by atoms with van der Waals surface area (Å²) < 4.78 is 26.4. The molecule has 116 valence electrons. The van der Waals surface area contributed by atoms with Crippen LogP contribution in [0.15, 0.2) is 23.1 Å². The number of nitrogens with one attached hydrogen (secondary N) is 1. The van der Waals surface area contributed by atoms with Crippen LogP contribution >= 0.6 is 0 Å². The van der Waals surface area contributed by atoms with Crippen molar-refractivity contribution in [3.8, 4) is 0 Å². The number of amides is 1. The number of nitrogens with two attached hydrogens (primary N) is 1. The number of aromatic carboxylic acids is 1. The van der Waals surface area contributed by atoms with Crippen molar-refractivity contribution in [3.05, 3.63) is 23.8 Å². The van der Waals surface area contributed by atoms with Crippen LogP contribution in [-0.2, 0) is 14.8 Å². The predicted molar refractivity (Wildman–Crippen MR) is 76.3 cm³/mol. The molecule has 0 saturated heterocycles. The van der Waals surface area contributed by atoms with Crippen LogP contribution in [0.3, 0.4) is 0 Å². The molecule has 9 heteroatoms. The molecule has 0 bridgehead atoms. The van der Waals surface area contributed by atoms with Crippen molar-refractivity contribution < 1.29 is 23.1 Å². The van der Waals surface area contributed by atoms with Crippen molar-refractivity contribution in [2.24, 2.45) is 0 Å². The van der Waals surface area contributed by atoms with E-state index in [-0.39, 0.29) is 29.5 Å². The first-order valence-electron chi connectivity index (χ1n) is 5.98. The van der Waals surface area contributed by atoms with Gasteiger partial charge in [-0.2, -0.15) is 0 Å². The fraction of sp³-hybridized carbons (Fsp3) is 0.333. The zero-order valence-corrected chi connectivity index (χ0v) is 12.5. The van der Waals surface area contributed by atoms with E-state index in [9.17, 15) is 18.0 Å². The summed E-state index contributed by atoms with van der Waals surface area (Å²) in [6, 6.07) is 3.49. The van der Waals surface area contributed by atoms with E-state index in [2.05, 4.69) is 4.72 Å². The summed E-state index contributed by atoms with van der Waals surface area (Å²) >= 11 is 0. The minimum Gasteiger partial charge on any atom is -0.478 e. The minimum absolute atomic E-state index is 0.0242. The largest absolute Gasteiger partial charge is 0.478 e. The fourth-order valence-electron chi connectivity index (χ4n) is 1.54. The van der Waals surface area contributed by atoms with Crippen LogP contribution in [0.25, 0.3) is 0 Å². The van der Waals surface area contributed by atoms with Crippen LogP contribution in [0, 0.1) is 0 Å². The number of carboxylic acid groups (broad SMARTS) is 1. The van der Waals surface area contributed by atoms with Gasteiger partial charge in [-0.3, -0.25) is 4.79 Å². The maximum Gasteiger partial charge on any atom is 0.337 e. The Bertz CT molecular complexity index is 655. The third-order valence-electron chi connectivity index (χ3n) is 2.65. The molecule has 1 rings (SSSR count). The molecule has 0 aliphatic carbocycles. The van der Waals surface area contributed by atoms with Crippen molar-refractivity contribution in [3.63, 3.8) is 0 Å². The van der Waals surface area contributed by atoms with Gasteiger partial charge in [-0.15, -0.1) is 0 Å². The number of carbonyl (C=O) groups excluding carboxylic acids is 1. The van der Waals surface area contributed by atoms with Gasteiger partial charge < -0.3 is 15.7 Å². The van der Waals surface area contributed by atoms with Gasteiger partial charge in [-0.05, 0) is 18.2 Å². The van der Waals surface area contributed by atoms with E-state index in [0.717, 1.165) is 12.1 Å². The van der Waals surface area contributed by atoms with E-state index in [1.165, 1.54) is 11.0 Å². The maximum atomic E-state index is 12.1. The molecule has 0 saturated carbocycles. The molecule has 21 heavy (non-hydrogen) atoms. The third kappa shape index (κ3) is 4.43. The van der Waals surface area contributed by atoms with Gasteiger partial charge >= 0.3 is 5.97 Å². The van der Waals surface area contributed by atoms with Crippen molar-refractivity contribution >= 4 is 27.6 Å². The highest BCUT2D eigenvalue weighted by Crippen LogP contribution is 2.18. The summed E-state index contributed by atoms with van der Waals surface area (Å²) in [6.07, 6.45) is -0.0242. The van der Waals surface area contributed by atoms with Gasteiger partial charge in [0.15, 0.2) is 0 Å². The first-order valence-corrected chi connectivity index (χ1v) is 7.46. The van der Waals surface area contributed by atoms with Crippen LogP contribution < -0.4 is 10.5 Å². The number of carbonyl (C=O) groups is 2. The van der Waals surface area contributed by atoms with E-state index in [1.807, 2.05) is 0 Å². The van der Waals surface area contributed by atoms with Gasteiger partial charge in [-0.25, -0.2) is 17.9 Å². The lowest BCUT2D eigenvalue weighted by Crippen LogP contribution is -2.31. The van der Waals surface area contributed by atoms with Crippen molar-refractivity contribution in [2.45, 2.75) is 11.3 Å². The molecule has 1 amide bonds. The number of nitrogens with zero attached hydrogens (tertiary/aromatic N) is 1. The first-order chi connectivity index (χ1) is 9.65. The number of anilines is 1. The van der Waals surface area contributed by atoms with Crippen LogP contribution in [0.2, 0.25) is 0 Å². The summed E-state index contributed by atoms with van der Waals surface area (Å²) in [7, 11) is -0.921. The SMILES string of the molecule is CN(C)C(=O)CCNS(=O)(=O)c1ccc(N)cc1C(=O)O. The average Bonchev–Trinajstić information content (AvgIpc) is 2.37. The molecule has 0 radical (unpaired) electrons. The topological polar surface area (TPSA) is 130 Å². The quantitative estimate of drug-likeness (QED) is 0.619. The van der Waals surface area contributed by atoms with Crippen molar-refractivity contribution in [1.29, 1.82) is 0 Å². The Morgan fingerprint density at radius 2 is 1.95 bits per heavy atom. The molecular weight excluding hydrogens is 298 g/mol. The normalized spacial score (nSPS) is 11.1. The highest BCUT2D eigenvalue weighted by molar-refractivity contribution is 7.89. The number of benzene rings is 1. The molecule has 1 aromatic rings. The lowest BCUT2D eigenvalue weighted by Gasteiger charge is -2.12. The minimum atomic E-state index is -4.03. The smallest absolute Gasteiger partial charge is 0.337 e. The van der Waals surface area contributed by atoms with Crippen LogP contribution in [0.1, 0.15) is 16.8 Å². The summed E-state index contributed by atoms with van der Waals surface area (Å²) in [5.41, 5.74) is 5.18. The lowest BCUT2D eigenvalue weighted by molar-refractivity contribution is -0.128. The number of sulfonamides is 1. The van der Waals surface area contributed by atoms with Crippen LogP contribution in [-0.4, -0.2) is 50.9 Å². The molecule has 0 unspecified atom stereocenters.